The quantitative estimate of drug-likeness (QED) is 0.318. The summed E-state index contributed by atoms with van der Waals surface area (Å²) in [6.45, 7) is 9.58. The van der Waals surface area contributed by atoms with E-state index in [1.165, 1.54) is 6.20 Å². The first-order chi connectivity index (χ1) is 19.2. The van der Waals surface area contributed by atoms with Crippen molar-refractivity contribution >= 4 is 28.8 Å². The molecule has 40 heavy (non-hydrogen) atoms. The van der Waals surface area contributed by atoms with E-state index in [0.717, 1.165) is 29.3 Å². The summed E-state index contributed by atoms with van der Waals surface area (Å²) in [6.07, 6.45) is 4.97. The first-order valence-corrected chi connectivity index (χ1v) is 13.5. The molecule has 212 valence electrons. The molecule has 1 aromatic heterocycles. The van der Waals surface area contributed by atoms with Crippen molar-refractivity contribution in [1.29, 1.82) is 0 Å². The third-order valence-corrected chi connectivity index (χ3v) is 6.01. The van der Waals surface area contributed by atoms with Gasteiger partial charge in [0.05, 0.1) is 23.9 Å². The monoisotopic (exact) mass is 546 g/mol. The number of carbonyl (C=O) groups excluding carboxylic acids is 1. The Bertz CT molecular complexity index is 1380. The zero-order chi connectivity index (χ0) is 28.5. The van der Waals surface area contributed by atoms with Gasteiger partial charge in [0, 0.05) is 42.1 Å². The highest BCUT2D eigenvalue weighted by molar-refractivity contribution is 5.95. The lowest BCUT2D eigenvalue weighted by Crippen LogP contribution is -2.43. The van der Waals surface area contributed by atoms with Crippen molar-refractivity contribution in [1.82, 2.24) is 15.3 Å². The maximum atomic E-state index is 12.2. The summed E-state index contributed by atoms with van der Waals surface area (Å²) in [7, 11) is 0. The van der Waals surface area contributed by atoms with E-state index >= 15 is 0 Å². The minimum atomic E-state index is -0.334. The van der Waals surface area contributed by atoms with Gasteiger partial charge in [-0.05, 0) is 70.9 Å². The Morgan fingerprint density at radius 2 is 1.90 bits per heavy atom. The Balaban J connectivity index is 1.63. The molecule has 3 aromatic rings. The number of amides is 1. The van der Waals surface area contributed by atoms with Gasteiger partial charge in [0.15, 0.2) is 12.4 Å². The highest BCUT2D eigenvalue weighted by Crippen LogP contribution is 2.30. The lowest BCUT2D eigenvalue weighted by atomic mass is 10.1. The van der Waals surface area contributed by atoms with Crippen molar-refractivity contribution in [3.63, 3.8) is 0 Å². The van der Waals surface area contributed by atoms with Crippen LogP contribution in [0.2, 0.25) is 0 Å². The molecule has 0 unspecified atom stereocenters. The van der Waals surface area contributed by atoms with Crippen LogP contribution in [-0.4, -0.2) is 60.1 Å². The zero-order valence-corrected chi connectivity index (χ0v) is 23.6. The summed E-state index contributed by atoms with van der Waals surface area (Å²) in [6, 6.07) is 13.2. The molecule has 0 radical (unpaired) electrons. The number of carbonyl (C=O) groups is 1. The molecule has 4 rings (SSSR count). The Morgan fingerprint density at radius 1 is 1.12 bits per heavy atom. The van der Waals surface area contributed by atoms with Crippen LogP contribution >= 0.6 is 0 Å². The summed E-state index contributed by atoms with van der Waals surface area (Å²) < 4.78 is 16.9. The highest BCUT2D eigenvalue weighted by Gasteiger charge is 2.16. The fourth-order valence-corrected chi connectivity index (χ4v) is 4.19. The molecule has 1 aliphatic heterocycles. The molecule has 2 aromatic carbocycles. The normalized spacial score (nSPS) is 14.8. The van der Waals surface area contributed by atoms with E-state index in [-0.39, 0.29) is 24.1 Å². The van der Waals surface area contributed by atoms with Crippen LogP contribution in [0.1, 0.15) is 40.5 Å². The second-order valence-corrected chi connectivity index (χ2v) is 10.5. The lowest BCUT2D eigenvalue weighted by molar-refractivity contribution is -0.124. The van der Waals surface area contributed by atoms with Crippen LogP contribution in [0.4, 0.5) is 5.82 Å². The zero-order valence-electron chi connectivity index (χ0n) is 23.6. The van der Waals surface area contributed by atoms with Crippen molar-refractivity contribution in [2.45, 2.75) is 52.1 Å². The number of nitrogens with two attached hydrogens (primary N) is 1. The van der Waals surface area contributed by atoms with Crippen molar-refractivity contribution in [2.75, 3.05) is 31.7 Å². The number of allylic oxidation sites excluding steroid dienone is 1. The minimum Gasteiger partial charge on any atom is -0.494 e. The number of ether oxygens (including phenoxy) is 3. The average Bonchev–Trinajstić information content (AvgIpc) is 2.94. The third kappa shape index (κ3) is 8.16. The SMILES string of the molecule is CCOc1ccc2nc(-c3cccc(OCC(=O)NC(C)(C)C)c3)nc(N/C(C=NC3CCOCC3)=C/N)c2c1. The molecule has 2 heterocycles. The number of hydrogen-bond acceptors (Lipinski definition) is 9. The second-order valence-electron chi connectivity index (χ2n) is 10.5. The Morgan fingerprint density at radius 3 is 2.62 bits per heavy atom. The average molecular weight is 547 g/mol. The third-order valence-electron chi connectivity index (χ3n) is 6.01. The van der Waals surface area contributed by atoms with E-state index in [4.69, 9.17) is 34.9 Å². The molecule has 1 amide bonds. The number of nitrogens with zero attached hydrogens (tertiary/aromatic N) is 3. The summed E-state index contributed by atoms with van der Waals surface area (Å²) in [5, 5.41) is 7.00. The van der Waals surface area contributed by atoms with Crippen molar-refractivity contribution < 1.29 is 19.0 Å². The van der Waals surface area contributed by atoms with Gasteiger partial charge >= 0.3 is 0 Å². The summed E-state index contributed by atoms with van der Waals surface area (Å²) >= 11 is 0. The number of hydrogen-bond donors (Lipinski definition) is 3. The van der Waals surface area contributed by atoms with Crippen LogP contribution in [0.5, 0.6) is 11.5 Å². The van der Waals surface area contributed by atoms with Gasteiger partial charge in [-0.1, -0.05) is 12.1 Å². The molecule has 10 heteroatoms. The summed E-state index contributed by atoms with van der Waals surface area (Å²) in [5.74, 6) is 2.11. The largest absolute Gasteiger partial charge is 0.494 e. The van der Waals surface area contributed by atoms with E-state index < -0.39 is 0 Å². The molecular formula is C30H38N6O4. The molecule has 10 nitrogen and oxygen atoms in total. The van der Waals surface area contributed by atoms with Crippen LogP contribution in [0.25, 0.3) is 22.3 Å². The first-order valence-electron chi connectivity index (χ1n) is 13.5. The maximum absolute atomic E-state index is 12.2. The molecule has 4 N–H and O–H groups in total. The molecule has 0 saturated carbocycles. The second kappa shape index (κ2) is 13.3. The van der Waals surface area contributed by atoms with E-state index in [2.05, 4.69) is 10.6 Å². The van der Waals surface area contributed by atoms with Gasteiger partial charge < -0.3 is 30.6 Å². The van der Waals surface area contributed by atoms with Crippen molar-refractivity contribution in [3.8, 4) is 22.9 Å². The number of anilines is 1. The summed E-state index contributed by atoms with van der Waals surface area (Å²) in [4.78, 5) is 26.6. The van der Waals surface area contributed by atoms with Gasteiger partial charge in [-0.25, -0.2) is 9.97 Å². The van der Waals surface area contributed by atoms with E-state index in [1.807, 2.05) is 64.1 Å². The van der Waals surface area contributed by atoms with Gasteiger partial charge in [-0.3, -0.25) is 9.79 Å². The number of rotatable bonds is 10. The van der Waals surface area contributed by atoms with Gasteiger partial charge in [-0.2, -0.15) is 0 Å². The molecule has 1 saturated heterocycles. The number of aliphatic imine (C=N–C) groups is 1. The van der Waals surface area contributed by atoms with E-state index in [0.29, 0.717) is 48.7 Å². The van der Waals surface area contributed by atoms with Gasteiger partial charge in [-0.15, -0.1) is 0 Å². The highest BCUT2D eigenvalue weighted by atomic mass is 16.5. The fraction of sp³-hybridized carbons (Fsp3) is 0.400. The number of fused-ring (bicyclic) bond motifs is 1. The van der Waals surface area contributed by atoms with Crippen molar-refractivity contribution in [2.24, 2.45) is 10.7 Å². The lowest BCUT2D eigenvalue weighted by Gasteiger charge is -2.20. The van der Waals surface area contributed by atoms with Gasteiger partial charge in [0.1, 0.15) is 17.3 Å². The predicted octanol–water partition coefficient (Wildman–Crippen LogP) is 4.45. The maximum Gasteiger partial charge on any atom is 0.258 e. The number of benzene rings is 2. The molecule has 0 spiro atoms. The minimum absolute atomic E-state index is 0.0938. The Kier molecular flexibility index (Phi) is 9.55. The molecule has 0 atom stereocenters. The van der Waals surface area contributed by atoms with E-state index in [9.17, 15) is 4.79 Å². The standard InChI is InChI=1S/C30H38N6O4/c1-5-39-24-9-10-26-25(16-24)29(33-22(17-31)18-32-21-11-13-38-14-12-21)35-28(34-26)20-7-6-8-23(15-20)40-19-27(37)36-30(2,3)4/h6-10,15-18,21H,5,11-14,19,31H2,1-4H3,(H,36,37)(H,33,34,35)/b22-17+,32-18?. The van der Waals surface area contributed by atoms with Crippen LogP contribution in [0.15, 0.2) is 59.4 Å². The molecule has 1 aliphatic rings. The summed E-state index contributed by atoms with van der Waals surface area (Å²) in [5.41, 5.74) is 7.71. The van der Waals surface area contributed by atoms with Crippen LogP contribution in [-0.2, 0) is 9.53 Å². The van der Waals surface area contributed by atoms with Crippen LogP contribution < -0.4 is 25.8 Å². The first kappa shape index (κ1) is 28.8. The molecule has 0 bridgehead atoms. The fourth-order valence-electron chi connectivity index (χ4n) is 4.19. The van der Waals surface area contributed by atoms with Crippen molar-refractivity contribution in [3.05, 3.63) is 54.4 Å². The number of nitrogens with one attached hydrogen (secondary N) is 2. The predicted molar refractivity (Wildman–Crippen MR) is 158 cm³/mol. The smallest absolute Gasteiger partial charge is 0.258 e. The Labute approximate surface area is 235 Å². The topological polar surface area (TPSA) is 133 Å². The molecule has 0 aliphatic carbocycles. The van der Waals surface area contributed by atoms with Gasteiger partial charge in [0.25, 0.3) is 5.91 Å². The Hall–Kier alpha value is -4.18. The van der Waals surface area contributed by atoms with Gasteiger partial charge in [0.2, 0.25) is 0 Å². The molecular weight excluding hydrogens is 508 g/mol. The van der Waals surface area contributed by atoms with E-state index in [1.54, 1.807) is 12.3 Å². The molecule has 1 fully saturated rings. The number of aromatic nitrogens is 2. The van der Waals surface area contributed by atoms with Crippen LogP contribution in [0.3, 0.4) is 0 Å². The van der Waals surface area contributed by atoms with Crippen LogP contribution in [0, 0.1) is 0 Å².